The van der Waals surface area contributed by atoms with Crippen molar-refractivity contribution in [1.82, 2.24) is 14.8 Å². The topological polar surface area (TPSA) is 92.5 Å². The number of hydrogen-bond donors (Lipinski definition) is 1. The summed E-state index contributed by atoms with van der Waals surface area (Å²) >= 11 is 0. The van der Waals surface area contributed by atoms with E-state index in [0.717, 1.165) is 0 Å². The van der Waals surface area contributed by atoms with Gasteiger partial charge in [-0.3, -0.25) is 4.79 Å². The van der Waals surface area contributed by atoms with Gasteiger partial charge in [-0.25, -0.2) is 8.42 Å². The highest BCUT2D eigenvalue weighted by Gasteiger charge is 2.32. The van der Waals surface area contributed by atoms with E-state index in [9.17, 15) is 13.2 Å². The third-order valence-corrected chi connectivity index (χ3v) is 5.65. The molecule has 1 aliphatic heterocycles. The quantitative estimate of drug-likeness (QED) is 0.904. The normalized spacial score (nSPS) is 20.8. The Morgan fingerprint density at radius 2 is 2.18 bits per heavy atom. The molecule has 1 aromatic carbocycles. The minimum atomic E-state index is -3.58. The Morgan fingerprint density at radius 3 is 3.00 bits per heavy atom. The fraction of sp³-hybridized carbons (Fsp3) is 0.429. The lowest BCUT2D eigenvalue weighted by atomic mass is 10.2. The van der Waals surface area contributed by atoms with E-state index < -0.39 is 10.0 Å². The van der Waals surface area contributed by atoms with Gasteiger partial charge in [-0.05, 0) is 19.1 Å². The minimum Gasteiger partial charge on any atom is -0.356 e. The lowest BCUT2D eigenvalue weighted by molar-refractivity contribution is -0.121. The number of amides is 1. The molecule has 0 saturated carbocycles. The smallest absolute Gasteiger partial charge is 0.221 e. The largest absolute Gasteiger partial charge is 0.356 e. The van der Waals surface area contributed by atoms with Crippen LogP contribution >= 0.6 is 0 Å². The fourth-order valence-corrected chi connectivity index (χ4v) is 4.39. The van der Waals surface area contributed by atoms with Gasteiger partial charge >= 0.3 is 0 Å². The summed E-state index contributed by atoms with van der Waals surface area (Å²) in [7, 11) is -3.58. The molecule has 0 radical (unpaired) electrons. The van der Waals surface area contributed by atoms with E-state index >= 15 is 0 Å². The van der Waals surface area contributed by atoms with Crippen molar-refractivity contribution in [3.63, 3.8) is 0 Å². The van der Waals surface area contributed by atoms with Crippen molar-refractivity contribution in [2.24, 2.45) is 0 Å². The van der Waals surface area contributed by atoms with Crippen molar-refractivity contribution < 1.29 is 17.7 Å². The molecule has 118 valence electrons. The van der Waals surface area contributed by atoms with Crippen LogP contribution in [0.25, 0.3) is 11.0 Å². The van der Waals surface area contributed by atoms with Crippen molar-refractivity contribution in [3.8, 4) is 0 Å². The van der Waals surface area contributed by atoms with E-state index in [1.54, 1.807) is 25.1 Å². The maximum atomic E-state index is 12.7. The lowest BCUT2D eigenvalue weighted by Crippen LogP contribution is -2.40. The number of sulfonamides is 1. The number of para-hydroxylation sites is 1. The molecule has 1 fully saturated rings. The molecular formula is C14H17N3O4S. The second-order valence-corrected chi connectivity index (χ2v) is 7.32. The van der Waals surface area contributed by atoms with Gasteiger partial charge in [0.2, 0.25) is 15.9 Å². The first-order valence-electron chi connectivity index (χ1n) is 7.07. The summed E-state index contributed by atoms with van der Waals surface area (Å²) < 4.78 is 31.9. The van der Waals surface area contributed by atoms with Crippen LogP contribution in [0.1, 0.15) is 19.0 Å². The van der Waals surface area contributed by atoms with Crippen LogP contribution in [0.15, 0.2) is 28.8 Å². The average molecular weight is 323 g/mol. The summed E-state index contributed by atoms with van der Waals surface area (Å²) in [5, 5.41) is 7.26. The molecule has 7 nitrogen and oxygen atoms in total. The average Bonchev–Trinajstić information content (AvgIpc) is 2.76. The first-order valence-corrected chi connectivity index (χ1v) is 8.68. The summed E-state index contributed by atoms with van der Waals surface area (Å²) in [5.74, 6) is -0.361. The standard InChI is InChI=1S/C14H17N3O4S/c1-10-8-14(18)15-6-7-17(10)22(19,20)9-12-11-4-2-3-5-13(11)21-16-12/h2-5,10H,6-9H2,1H3,(H,15,18). The molecule has 22 heavy (non-hydrogen) atoms. The molecule has 3 rings (SSSR count). The number of carbonyl (C=O) groups excluding carboxylic acids is 1. The van der Waals surface area contributed by atoms with E-state index in [4.69, 9.17) is 4.52 Å². The zero-order chi connectivity index (χ0) is 15.7. The van der Waals surface area contributed by atoms with Gasteiger partial charge in [0.15, 0.2) is 5.58 Å². The molecule has 8 heteroatoms. The zero-order valence-corrected chi connectivity index (χ0v) is 13.0. The molecule has 1 aliphatic rings. The predicted molar refractivity (Wildman–Crippen MR) is 80.4 cm³/mol. The highest BCUT2D eigenvalue weighted by molar-refractivity contribution is 7.88. The first kappa shape index (κ1) is 15.0. The zero-order valence-electron chi connectivity index (χ0n) is 12.2. The van der Waals surface area contributed by atoms with Gasteiger partial charge in [-0.1, -0.05) is 17.3 Å². The van der Waals surface area contributed by atoms with E-state index in [-0.39, 0.29) is 30.7 Å². The summed E-state index contributed by atoms with van der Waals surface area (Å²) in [5.41, 5.74) is 0.958. The van der Waals surface area contributed by atoms with Crippen LogP contribution in [0, 0.1) is 0 Å². The van der Waals surface area contributed by atoms with Gasteiger partial charge in [0.05, 0.1) is 0 Å². The van der Waals surface area contributed by atoms with E-state index in [1.807, 2.05) is 6.07 Å². The van der Waals surface area contributed by atoms with Crippen LogP contribution in [-0.4, -0.2) is 42.9 Å². The Morgan fingerprint density at radius 1 is 1.41 bits per heavy atom. The monoisotopic (exact) mass is 323 g/mol. The highest BCUT2D eigenvalue weighted by Crippen LogP contribution is 2.22. The van der Waals surface area contributed by atoms with E-state index in [0.29, 0.717) is 23.2 Å². The molecule has 0 spiro atoms. The maximum absolute atomic E-state index is 12.7. The number of rotatable bonds is 3. The molecule has 0 bridgehead atoms. The van der Waals surface area contributed by atoms with E-state index in [2.05, 4.69) is 10.5 Å². The molecule has 1 aromatic heterocycles. The van der Waals surface area contributed by atoms with Crippen LogP contribution in [-0.2, 0) is 20.6 Å². The number of hydrogen-bond acceptors (Lipinski definition) is 5. The van der Waals surface area contributed by atoms with Gasteiger partial charge < -0.3 is 9.84 Å². The lowest BCUT2D eigenvalue weighted by Gasteiger charge is -2.24. The molecule has 1 N–H and O–H groups in total. The first-order chi connectivity index (χ1) is 10.5. The van der Waals surface area contributed by atoms with Gasteiger partial charge in [-0.15, -0.1) is 0 Å². The Hall–Kier alpha value is -1.93. The number of carbonyl (C=O) groups is 1. The molecule has 2 aromatic rings. The fourth-order valence-electron chi connectivity index (χ4n) is 2.68. The number of nitrogens with zero attached hydrogens (tertiary/aromatic N) is 2. The van der Waals surface area contributed by atoms with Crippen LogP contribution in [0.3, 0.4) is 0 Å². The van der Waals surface area contributed by atoms with Crippen molar-refractivity contribution in [2.45, 2.75) is 25.1 Å². The number of aromatic nitrogens is 1. The minimum absolute atomic E-state index is 0.128. The van der Waals surface area contributed by atoms with Crippen molar-refractivity contribution in [1.29, 1.82) is 0 Å². The third kappa shape index (κ3) is 2.84. The molecule has 1 atom stereocenters. The molecule has 1 unspecified atom stereocenters. The van der Waals surface area contributed by atoms with Crippen LogP contribution in [0.4, 0.5) is 0 Å². The Kier molecular flexibility index (Phi) is 3.88. The summed E-state index contributed by atoms with van der Waals surface area (Å²) in [6, 6.07) is 6.78. The maximum Gasteiger partial charge on any atom is 0.221 e. The second kappa shape index (κ2) is 5.69. The molecule has 0 aliphatic carbocycles. The van der Waals surface area contributed by atoms with Crippen LogP contribution in [0.2, 0.25) is 0 Å². The molecular weight excluding hydrogens is 306 g/mol. The van der Waals surface area contributed by atoms with Gasteiger partial charge in [0.1, 0.15) is 11.4 Å². The van der Waals surface area contributed by atoms with Gasteiger partial charge in [-0.2, -0.15) is 4.31 Å². The summed E-state index contributed by atoms with van der Waals surface area (Å²) in [6.45, 7) is 2.33. The van der Waals surface area contributed by atoms with Crippen molar-refractivity contribution in [3.05, 3.63) is 30.0 Å². The predicted octanol–water partition coefficient (Wildman–Crippen LogP) is 0.868. The summed E-state index contributed by atoms with van der Waals surface area (Å²) in [6.07, 6.45) is 0.165. The summed E-state index contributed by atoms with van der Waals surface area (Å²) in [4.78, 5) is 11.5. The van der Waals surface area contributed by atoms with Crippen LogP contribution < -0.4 is 5.32 Å². The molecule has 2 heterocycles. The Balaban J connectivity index is 1.88. The number of fused-ring (bicyclic) bond motifs is 1. The van der Waals surface area contributed by atoms with Crippen LogP contribution in [0.5, 0.6) is 0 Å². The van der Waals surface area contributed by atoms with Gasteiger partial charge in [0.25, 0.3) is 0 Å². The van der Waals surface area contributed by atoms with E-state index in [1.165, 1.54) is 4.31 Å². The third-order valence-electron chi connectivity index (χ3n) is 3.76. The molecule has 1 saturated heterocycles. The number of benzene rings is 1. The second-order valence-electron chi connectivity index (χ2n) is 5.40. The molecule has 1 amide bonds. The number of nitrogens with one attached hydrogen (secondary N) is 1. The highest BCUT2D eigenvalue weighted by atomic mass is 32.2. The van der Waals surface area contributed by atoms with Crippen molar-refractivity contribution >= 4 is 26.9 Å². The Bertz CT molecular complexity index is 799. The SMILES string of the molecule is CC1CC(=O)NCCN1S(=O)(=O)Cc1noc2ccccc12. The van der Waals surface area contributed by atoms with Gasteiger partial charge in [0, 0.05) is 30.9 Å². The van der Waals surface area contributed by atoms with Crippen molar-refractivity contribution in [2.75, 3.05) is 13.1 Å². The Labute approximate surface area is 128 Å².